The number of benzene rings is 1. The van der Waals surface area contributed by atoms with E-state index in [9.17, 15) is 4.79 Å². The molecule has 0 spiro atoms. The average Bonchev–Trinajstić information content (AvgIpc) is 2.31. The van der Waals surface area contributed by atoms with Crippen LogP contribution in [-0.4, -0.2) is 9.97 Å². The molecule has 0 saturated carbocycles. The van der Waals surface area contributed by atoms with Gasteiger partial charge in [0.2, 0.25) is 0 Å². The molecule has 0 bridgehead atoms. The fourth-order valence-electron chi connectivity index (χ4n) is 1.65. The molecule has 0 aliphatic heterocycles. The van der Waals surface area contributed by atoms with Gasteiger partial charge in [-0.15, -0.1) is 0 Å². The van der Waals surface area contributed by atoms with Gasteiger partial charge >= 0.3 is 0 Å². The number of H-pyrrole nitrogens is 1. The summed E-state index contributed by atoms with van der Waals surface area (Å²) in [6.07, 6.45) is 0. The van der Waals surface area contributed by atoms with E-state index in [1.54, 1.807) is 18.2 Å². The zero-order chi connectivity index (χ0) is 14.2. The zero-order valence-corrected chi connectivity index (χ0v) is 12.4. The van der Waals surface area contributed by atoms with Gasteiger partial charge in [-0.2, -0.15) is 0 Å². The van der Waals surface area contributed by atoms with Gasteiger partial charge in [-0.25, -0.2) is 4.98 Å². The molecule has 0 aliphatic rings. The molecule has 1 aromatic carbocycles. The molecule has 100 valence electrons. The summed E-state index contributed by atoms with van der Waals surface area (Å²) in [6.45, 7) is 5.94. The Morgan fingerprint density at radius 1 is 1.21 bits per heavy atom. The van der Waals surface area contributed by atoms with Crippen LogP contribution in [0.5, 0.6) is 0 Å². The van der Waals surface area contributed by atoms with Gasteiger partial charge in [0.05, 0.1) is 15.7 Å². The number of aromatic nitrogens is 2. The standard InChI is InChI=1S/C14H14Cl2N2O/c1-14(2,3)13-17-10(7-11(19)18-13)8-5-4-6-9(15)12(8)16/h4-7H,1-3H3,(H,17,18,19). The van der Waals surface area contributed by atoms with Gasteiger partial charge in [0, 0.05) is 17.0 Å². The van der Waals surface area contributed by atoms with Gasteiger partial charge in [0.1, 0.15) is 5.82 Å². The molecule has 19 heavy (non-hydrogen) atoms. The van der Waals surface area contributed by atoms with Crippen molar-refractivity contribution in [3.05, 3.63) is 50.5 Å². The predicted octanol–water partition coefficient (Wildman–Crippen LogP) is 4.04. The second-order valence-corrected chi connectivity index (χ2v) is 6.12. The summed E-state index contributed by atoms with van der Waals surface area (Å²) in [7, 11) is 0. The SMILES string of the molecule is CC(C)(C)c1nc(-c2cccc(Cl)c2Cl)cc(=O)[nH]1. The van der Waals surface area contributed by atoms with Crippen LogP contribution in [0.2, 0.25) is 10.0 Å². The van der Waals surface area contributed by atoms with Crippen LogP contribution < -0.4 is 5.56 Å². The first-order valence-electron chi connectivity index (χ1n) is 5.85. The number of halogens is 2. The topological polar surface area (TPSA) is 45.8 Å². The highest BCUT2D eigenvalue weighted by atomic mass is 35.5. The Balaban J connectivity index is 2.67. The van der Waals surface area contributed by atoms with Crippen molar-refractivity contribution >= 4 is 23.2 Å². The van der Waals surface area contributed by atoms with Gasteiger partial charge in [0.15, 0.2) is 0 Å². The van der Waals surface area contributed by atoms with E-state index in [0.29, 0.717) is 27.1 Å². The van der Waals surface area contributed by atoms with Crippen LogP contribution >= 0.6 is 23.2 Å². The van der Waals surface area contributed by atoms with Crippen LogP contribution in [0.1, 0.15) is 26.6 Å². The van der Waals surface area contributed by atoms with E-state index in [1.807, 2.05) is 20.8 Å². The Morgan fingerprint density at radius 3 is 2.53 bits per heavy atom. The molecule has 0 saturated heterocycles. The maximum atomic E-state index is 11.8. The second-order valence-electron chi connectivity index (χ2n) is 5.33. The summed E-state index contributed by atoms with van der Waals surface area (Å²) in [5.41, 5.74) is 0.734. The van der Waals surface area contributed by atoms with Crippen molar-refractivity contribution < 1.29 is 0 Å². The molecular weight excluding hydrogens is 283 g/mol. The van der Waals surface area contributed by atoms with Crippen LogP contribution in [0.3, 0.4) is 0 Å². The Morgan fingerprint density at radius 2 is 1.89 bits per heavy atom. The Hall–Kier alpha value is -1.32. The average molecular weight is 297 g/mol. The largest absolute Gasteiger partial charge is 0.310 e. The van der Waals surface area contributed by atoms with Crippen LogP contribution in [0.25, 0.3) is 11.3 Å². The highest BCUT2D eigenvalue weighted by molar-refractivity contribution is 6.43. The summed E-state index contributed by atoms with van der Waals surface area (Å²) in [4.78, 5) is 19.0. The van der Waals surface area contributed by atoms with Crippen molar-refractivity contribution in [2.45, 2.75) is 26.2 Å². The molecule has 0 fully saturated rings. The quantitative estimate of drug-likeness (QED) is 0.863. The van der Waals surface area contributed by atoms with Crippen molar-refractivity contribution in [1.82, 2.24) is 9.97 Å². The lowest BCUT2D eigenvalue weighted by molar-refractivity contribution is 0.543. The van der Waals surface area contributed by atoms with Crippen molar-refractivity contribution in [3.63, 3.8) is 0 Å². The van der Waals surface area contributed by atoms with Crippen molar-refractivity contribution in [2.75, 3.05) is 0 Å². The molecular formula is C14H14Cl2N2O. The van der Waals surface area contributed by atoms with E-state index in [2.05, 4.69) is 9.97 Å². The Labute approximate surface area is 121 Å². The molecule has 0 amide bonds. The van der Waals surface area contributed by atoms with E-state index < -0.39 is 0 Å². The van der Waals surface area contributed by atoms with Gasteiger partial charge in [0.25, 0.3) is 5.56 Å². The van der Waals surface area contributed by atoms with Crippen LogP contribution in [0, 0.1) is 0 Å². The number of aromatic amines is 1. The molecule has 0 radical (unpaired) electrons. The first kappa shape index (κ1) is 14.1. The second kappa shape index (κ2) is 4.99. The number of hydrogen-bond acceptors (Lipinski definition) is 2. The number of hydrogen-bond donors (Lipinski definition) is 1. The van der Waals surface area contributed by atoms with Crippen LogP contribution in [0.15, 0.2) is 29.1 Å². The number of nitrogens with zero attached hydrogens (tertiary/aromatic N) is 1. The normalized spacial score (nSPS) is 11.6. The molecule has 0 unspecified atom stereocenters. The van der Waals surface area contributed by atoms with Crippen LogP contribution in [-0.2, 0) is 5.41 Å². The van der Waals surface area contributed by atoms with E-state index >= 15 is 0 Å². The Kier molecular flexibility index (Phi) is 3.70. The first-order chi connectivity index (χ1) is 8.79. The molecule has 1 heterocycles. The predicted molar refractivity (Wildman–Crippen MR) is 79.0 cm³/mol. The highest BCUT2D eigenvalue weighted by Crippen LogP contribution is 2.32. The molecule has 3 nitrogen and oxygen atoms in total. The summed E-state index contributed by atoms with van der Waals surface area (Å²) in [5, 5.41) is 0.848. The van der Waals surface area contributed by atoms with Gasteiger partial charge in [-0.05, 0) is 6.07 Å². The molecule has 0 aliphatic carbocycles. The molecule has 2 rings (SSSR count). The number of rotatable bonds is 1. The molecule has 0 atom stereocenters. The fourth-order valence-corrected chi connectivity index (χ4v) is 2.05. The third kappa shape index (κ3) is 2.99. The summed E-state index contributed by atoms with van der Waals surface area (Å²) in [6, 6.07) is 6.70. The van der Waals surface area contributed by atoms with E-state index in [-0.39, 0.29) is 11.0 Å². The van der Waals surface area contributed by atoms with E-state index in [0.717, 1.165) is 0 Å². The summed E-state index contributed by atoms with van der Waals surface area (Å²) < 4.78 is 0. The van der Waals surface area contributed by atoms with Gasteiger partial charge in [-0.3, -0.25) is 4.79 Å². The first-order valence-corrected chi connectivity index (χ1v) is 6.61. The van der Waals surface area contributed by atoms with Gasteiger partial charge in [-0.1, -0.05) is 56.1 Å². The fraction of sp³-hybridized carbons (Fsp3) is 0.286. The number of nitrogens with one attached hydrogen (secondary N) is 1. The zero-order valence-electron chi connectivity index (χ0n) is 10.9. The lowest BCUT2D eigenvalue weighted by Gasteiger charge is -2.18. The maximum absolute atomic E-state index is 11.8. The summed E-state index contributed by atoms with van der Waals surface area (Å²) in [5.74, 6) is 0.617. The van der Waals surface area contributed by atoms with E-state index in [4.69, 9.17) is 23.2 Å². The lowest BCUT2D eigenvalue weighted by Crippen LogP contribution is -2.21. The minimum absolute atomic E-state index is 0.203. The van der Waals surface area contributed by atoms with Crippen molar-refractivity contribution in [2.24, 2.45) is 0 Å². The summed E-state index contributed by atoms with van der Waals surface area (Å²) >= 11 is 12.2. The maximum Gasteiger partial charge on any atom is 0.251 e. The van der Waals surface area contributed by atoms with Crippen molar-refractivity contribution in [3.8, 4) is 11.3 Å². The van der Waals surface area contributed by atoms with Crippen LogP contribution in [0.4, 0.5) is 0 Å². The monoisotopic (exact) mass is 296 g/mol. The molecule has 2 aromatic rings. The highest BCUT2D eigenvalue weighted by Gasteiger charge is 2.19. The minimum atomic E-state index is -0.250. The molecule has 1 aromatic heterocycles. The smallest absolute Gasteiger partial charge is 0.251 e. The van der Waals surface area contributed by atoms with Crippen molar-refractivity contribution in [1.29, 1.82) is 0 Å². The third-order valence-corrected chi connectivity index (χ3v) is 3.50. The molecule has 5 heteroatoms. The Bertz CT molecular complexity index is 672. The minimum Gasteiger partial charge on any atom is -0.310 e. The third-order valence-electron chi connectivity index (χ3n) is 2.68. The van der Waals surface area contributed by atoms with E-state index in [1.165, 1.54) is 6.07 Å². The molecule has 1 N–H and O–H groups in total. The van der Waals surface area contributed by atoms with Gasteiger partial charge < -0.3 is 4.98 Å². The lowest BCUT2D eigenvalue weighted by atomic mass is 9.95.